The highest BCUT2D eigenvalue weighted by atomic mass is 19.1. The Labute approximate surface area is 203 Å². The SMILES string of the molecule is C[C@@H](c1nc(-c2ccccc2)no1)N1CCN(C(=O)CCc2ccc(-c3ccccc3F)o2)CC1. The van der Waals surface area contributed by atoms with Crippen molar-refractivity contribution in [1.29, 1.82) is 0 Å². The molecule has 5 rings (SSSR count). The van der Waals surface area contributed by atoms with Gasteiger partial charge in [0.2, 0.25) is 17.6 Å². The summed E-state index contributed by atoms with van der Waals surface area (Å²) in [5, 5.41) is 4.12. The van der Waals surface area contributed by atoms with Crippen LogP contribution in [0.5, 0.6) is 0 Å². The first-order chi connectivity index (χ1) is 17.1. The lowest BCUT2D eigenvalue weighted by Crippen LogP contribution is -2.49. The van der Waals surface area contributed by atoms with Gasteiger partial charge in [-0.1, -0.05) is 47.6 Å². The number of halogens is 1. The summed E-state index contributed by atoms with van der Waals surface area (Å²) in [4.78, 5) is 21.5. The maximum absolute atomic E-state index is 14.0. The molecule has 2 aromatic heterocycles. The summed E-state index contributed by atoms with van der Waals surface area (Å²) in [5.74, 6) is 2.07. The highest BCUT2D eigenvalue weighted by Crippen LogP contribution is 2.26. The largest absolute Gasteiger partial charge is 0.461 e. The van der Waals surface area contributed by atoms with Crippen LogP contribution >= 0.6 is 0 Å². The third-order valence-corrected chi connectivity index (χ3v) is 6.43. The van der Waals surface area contributed by atoms with Gasteiger partial charge in [0.15, 0.2) is 0 Å². The first-order valence-electron chi connectivity index (χ1n) is 11.8. The zero-order valence-electron chi connectivity index (χ0n) is 19.6. The van der Waals surface area contributed by atoms with Crippen LogP contribution in [-0.4, -0.2) is 52.0 Å². The Hall–Kier alpha value is -3.78. The van der Waals surface area contributed by atoms with E-state index >= 15 is 0 Å². The fourth-order valence-corrected chi connectivity index (χ4v) is 4.33. The van der Waals surface area contributed by atoms with Crippen molar-refractivity contribution in [2.24, 2.45) is 0 Å². The minimum absolute atomic E-state index is 0.0304. The van der Waals surface area contributed by atoms with E-state index in [0.29, 0.717) is 54.7 Å². The van der Waals surface area contributed by atoms with Crippen LogP contribution in [0.2, 0.25) is 0 Å². The molecule has 0 N–H and O–H groups in total. The van der Waals surface area contributed by atoms with Gasteiger partial charge >= 0.3 is 0 Å². The van der Waals surface area contributed by atoms with Crippen molar-refractivity contribution < 1.29 is 18.1 Å². The second-order valence-corrected chi connectivity index (χ2v) is 8.66. The third-order valence-electron chi connectivity index (χ3n) is 6.43. The van der Waals surface area contributed by atoms with Crippen LogP contribution in [0.1, 0.15) is 31.0 Å². The molecule has 3 heterocycles. The zero-order valence-corrected chi connectivity index (χ0v) is 19.6. The highest BCUT2D eigenvalue weighted by molar-refractivity contribution is 5.76. The Morgan fingerprint density at radius 2 is 1.74 bits per heavy atom. The number of nitrogens with zero attached hydrogens (tertiary/aromatic N) is 4. The van der Waals surface area contributed by atoms with E-state index in [1.807, 2.05) is 48.2 Å². The van der Waals surface area contributed by atoms with Gasteiger partial charge in [-0.3, -0.25) is 9.69 Å². The molecule has 180 valence electrons. The minimum Gasteiger partial charge on any atom is -0.461 e. The van der Waals surface area contributed by atoms with E-state index in [9.17, 15) is 9.18 Å². The normalized spacial score (nSPS) is 15.3. The maximum Gasteiger partial charge on any atom is 0.244 e. The first-order valence-corrected chi connectivity index (χ1v) is 11.8. The first kappa shape index (κ1) is 23.0. The summed E-state index contributed by atoms with van der Waals surface area (Å²) in [6.07, 6.45) is 0.831. The van der Waals surface area contributed by atoms with Gasteiger partial charge in [0.05, 0.1) is 11.6 Å². The summed E-state index contributed by atoms with van der Waals surface area (Å²) < 4.78 is 25.3. The van der Waals surface area contributed by atoms with Crippen molar-refractivity contribution in [2.45, 2.75) is 25.8 Å². The number of rotatable bonds is 7. The number of amides is 1. The van der Waals surface area contributed by atoms with E-state index in [1.165, 1.54) is 6.07 Å². The molecule has 0 bridgehead atoms. The number of aromatic nitrogens is 2. The van der Waals surface area contributed by atoms with Gasteiger partial charge < -0.3 is 13.8 Å². The number of benzene rings is 2. The average Bonchev–Trinajstić information content (AvgIpc) is 3.58. The minimum atomic E-state index is -0.326. The van der Waals surface area contributed by atoms with E-state index in [2.05, 4.69) is 15.0 Å². The molecule has 1 fully saturated rings. The zero-order chi connectivity index (χ0) is 24.2. The second kappa shape index (κ2) is 10.2. The molecule has 0 spiro atoms. The van der Waals surface area contributed by atoms with Crippen LogP contribution in [0.15, 0.2) is 75.7 Å². The Morgan fingerprint density at radius 1 is 1.00 bits per heavy atom. The second-order valence-electron chi connectivity index (χ2n) is 8.66. The predicted molar refractivity (Wildman–Crippen MR) is 129 cm³/mol. The molecule has 1 aliphatic rings. The lowest BCUT2D eigenvalue weighted by atomic mass is 10.1. The van der Waals surface area contributed by atoms with E-state index < -0.39 is 0 Å². The number of furan rings is 1. The third kappa shape index (κ3) is 5.17. The molecule has 0 aliphatic carbocycles. The van der Waals surface area contributed by atoms with E-state index in [-0.39, 0.29) is 17.8 Å². The fraction of sp³-hybridized carbons (Fsp3) is 0.296. The van der Waals surface area contributed by atoms with Crippen molar-refractivity contribution in [2.75, 3.05) is 26.2 Å². The predicted octanol–water partition coefficient (Wildman–Crippen LogP) is 4.97. The Kier molecular flexibility index (Phi) is 6.72. The summed E-state index contributed by atoms with van der Waals surface area (Å²) in [5.41, 5.74) is 1.34. The van der Waals surface area contributed by atoms with Crippen LogP contribution in [0.3, 0.4) is 0 Å². The van der Waals surface area contributed by atoms with Crippen LogP contribution < -0.4 is 0 Å². The number of carbonyl (C=O) groups excluding carboxylic acids is 1. The summed E-state index contributed by atoms with van der Waals surface area (Å²) >= 11 is 0. The molecule has 0 radical (unpaired) electrons. The van der Waals surface area contributed by atoms with Gasteiger partial charge in [0, 0.05) is 44.6 Å². The number of aryl methyl sites for hydroxylation is 1. The van der Waals surface area contributed by atoms with Gasteiger partial charge in [-0.25, -0.2) is 4.39 Å². The van der Waals surface area contributed by atoms with Crippen molar-refractivity contribution in [3.05, 3.63) is 84.2 Å². The molecule has 35 heavy (non-hydrogen) atoms. The Morgan fingerprint density at radius 3 is 2.51 bits per heavy atom. The molecule has 7 nitrogen and oxygen atoms in total. The monoisotopic (exact) mass is 474 g/mol. The lowest BCUT2D eigenvalue weighted by molar-refractivity contribution is -0.133. The summed E-state index contributed by atoms with van der Waals surface area (Å²) in [6.45, 7) is 4.79. The van der Waals surface area contributed by atoms with Gasteiger partial charge in [-0.2, -0.15) is 4.98 Å². The van der Waals surface area contributed by atoms with Crippen LogP contribution in [0.25, 0.3) is 22.7 Å². The van der Waals surface area contributed by atoms with Gasteiger partial charge in [-0.15, -0.1) is 0 Å². The van der Waals surface area contributed by atoms with E-state index in [0.717, 1.165) is 18.7 Å². The summed E-state index contributed by atoms with van der Waals surface area (Å²) in [7, 11) is 0. The molecule has 0 unspecified atom stereocenters. The van der Waals surface area contributed by atoms with Crippen molar-refractivity contribution in [3.8, 4) is 22.7 Å². The molecule has 1 aliphatic heterocycles. The number of carbonyl (C=O) groups is 1. The molecular formula is C27H27FN4O3. The summed E-state index contributed by atoms with van der Waals surface area (Å²) in [6, 6.07) is 19.8. The molecule has 1 saturated heterocycles. The number of piperazine rings is 1. The van der Waals surface area contributed by atoms with Crippen LogP contribution in [-0.2, 0) is 11.2 Å². The van der Waals surface area contributed by atoms with Crippen molar-refractivity contribution in [3.63, 3.8) is 0 Å². The van der Waals surface area contributed by atoms with Crippen LogP contribution in [0.4, 0.5) is 4.39 Å². The topological polar surface area (TPSA) is 75.6 Å². The Balaban J connectivity index is 1.11. The van der Waals surface area contributed by atoms with Gasteiger partial charge in [-0.05, 0) is 31.2 Å². The standard InChI is InChI=1S/C27H27FN4O3/c1-19(27-29-26(30-35-27)20-7-3-2-4-8-20)31-15-17-32(18-16-31)25(33)14-12-21-11-13-24(34-21)22-9-5-6-10-23(22)28/h2-11,13,19H,12,14-18H2,1H3/t19-/m0/s1. The highest BCUT2D eigenvalue weighted by Gasteiger charge is 2.27. The lowest BCUT2D eigenvalue weighted by Gasteiger charge is -2.36. The molecule has 0 saturated carbocycles. The molecule has 4 aromatic rings. The quantitative estimate of drug-likeness (QED) is 0.376. The number of hydrogen-bond acceptors (Lipinski definition) is 6. The maximum atomic E-state index is 14.0. The Bertz CT molecular complexity index is 1280. The smallest absolute Gasteiger partial charge is 0.244 e. The average molecular weight is 475 g/mol. The molecule has 8 heteroatoms. The molecule has 2 aromatic carbocycles. The van der Waals surface area contributed by atoms with Gasteiger partial charge in [0.1, 0.15) is 17.3 Å². The fourth-order valence-electron chi connectivity index (χ4n) is 4.33. The van der Waals surface area contributed by atoms with Crippen molar-refractivity contribution >= 4 is 5.91 Å². The molecule has 1 amide bonds. The van der Waals surface area contributed by atoms with Crippen LogP contribution in [0, 0.1) is 5.82 Å². The van der Waals surface area contributed by atoms with Crippen molar-refractivity contribution in [1.82, 2.24) is 19.9 Å². The molecular weight excluding hydrogens is 447 g/mol. The van der Waals surface area contributed by atoms with Gasteiger partial charge in [0.25, 0.3) is 0 Å². The molecule has 1 atom stereocenters. The van der Waals surface area contributed by atoms with E-state index in [4.69, 9.17) is 8.94 Å². The number of hydrogen-bond donors (Lipinski definition) is 0. The van der Waals surface area contributed by atoms with E-state index in [1.54, 1.807) is 24.3 Å².